The van der Waals surface area contributed by atoms with Crippen molar-refractivity contribution in [3.8, 4) is 5.75 Å². The molecule has 0 aliphatic rings. The third kappa shape index (κ3) is 7.38. The van der Waals surface area contributed by atoms with Crippen molar-refractivity contribution >= 4 is 23.1 Å². The number of hydrogen-bond donors (Lipinski definition) is 0. The van der Waals surface area contributed by atoms with E-state index in [1.807, 2.05) is 0 Å². The van der Waals surface area contributed by atoms with E-state index < -0.39 is 0 Å². The molecule has 1 aromatic rings. The largest absolute Gasteiger partial charge is 2.00 e. The van der Waals surface area contributed by atoms with Gasteiger partial charge in [-0.2, -0.15) is 17.7 Å². The Balaban J connectivity index is 0. The van der Waals surface area contributed by atoms with Crippen LogP contribution in [0.4, 0.5) is 0 Å². The number of hydrogen-bond acceptors (Lipinski definition) is 1. The van der Waals surface area contributed by atoms with Crippen LogP contribution in [0.1, 0.15) is 72.4 Å². The molecule has 21 heavy (non-hydrogen) atoms. The second-order valence-electron chi connectivity index (χ2n) is 7.33. The molecular weight excluding hydrogens is 336 g/mol. The smallest absolute Gasteiger partial charge is 1.00 e. The van der Waals surface area contributed by atoms with Crippen molar-refractivity contribution in [3.05, 3.63) is 29.3 Å². The molecule has 0 aliphatic carbocycles. The Morgan fingerprint density at radius 2 is 1.62 bits per heavy atom. The van der Waals surface area contributed by atoms with Gasteiger partial charge >= 0.3 is 23.1 Å². The van der Waals surface area contributed by atoms with Crippen LogP contribution in [0.15, 0.2) is 12.1 Å². The van der Waals surface area contributed by atoms with Crippen molar-refractivity contribution in [2.24, 2.45) is 0 Å². The van der Waals surface area contributed by atoms with Crippen molar-refractivity contribution in [1.29, 1.82) is 0 Å². The maximum atomic E-state index is 5.92. The van der Waals surface area contributed by atoms with Crippen molar-refractivity contribution in [3.63, 3.8) is 0 Å². The third-order valence-corrected chi connectivity index (χ3v) is 3.32. The Kier molecular flexibility index (Phi) is 10.6. The molecule has 0 aromatic heterocycles. The summed E-state index contributed by atoms with van der Waals surface area (Å²) in [5.74, 6) is 0.925. The maximum Gasteiger partial charge on any atom is 2.00 e. The molecule has 1 nitrogen and oxygen atoms in total. The van der Waals surface area contributed by atoms with Crippen LogP contribution in [0.25, 0.3) is 0 Å². The predicted octanol–water partition coefficient (Wildman–Crippen LogP) is 1.88. The SMILES string of the molecule is CCCCOc1[c-]cc(C(C)(C)C)cc1C(C)(C)C.[Br-].[Mg+2]. The molecule has 0 bridgehead atoms. The van der Waals surface area contributed by atoms with Gasteiger partial charge in [-0.3, -0.25) is 0 Å². The topological polar surface area (TPSA) is 9.23 Å². The molecule has 0 unspecified atom stereocenters. The van der Waals surface area contributed by atoms with E-state index >= 15 is 0 Å². The summed E-state index contributed by atoms with van der Waals surface area (Å²) in [4.78, 5) is 0. The second kappa shape index (κ2) is 9.42. The number of halogens is 1. The van der Waals surface area contributed by atoms with E-state index in [-0.39, 0.29) is 50.9 Å². The van der Waals surface area contributed by atoms with Gasteiger partial charge in [0.1, 0.15) is 0 Å². The zero-order chi connectivity index (χ0) is 14.7. The Bertz CT molecular complexity index is 416. The maximum absolute atomic E-state index is 5.92. The Hall–Kier alpha value is 0.266. The number of rotatable bonds is 4. The molecule has 0 atom stereocenters. The first kappa shape index (κ1) is 23.5. The van der Waals surface area contributed by atoms with Crippen LogP contribution in [0.5, 0.6) is 5.75 Å². The number of unbranched alkanes of at least 4 members (excludes halogenated alkanes) is 1. The summed E-state index contributed by atoms with van der Waals surface area (Å²) >= 11 is 0. The predicted molar refractivity (Wildman–Crippen MR) is 88.8 cm³/mol. The molecule has 0 saturated heterocycles. The van der Waals surface area contributed by atoms with E-state index in [0.29, 0.717) is 0 Å². The summed E-state index contributed by atoms with van der Waals surface area (Å²) in [6.45, 7) is 16.4. The van der Waals surface area contributed by atoms with Gasteiger partial charge < -0.3 is 21.7 Å². The zero-order valence-electron chi connectivity index (χ0n) is 14.8. The van der Waals surface area contributed by atoms with Gasteiger partial charge in [0.2, 0.25) is 0 Å². The normalized spacial score (nSPS) is 11.4. The molecule has 116 valence electrons. The summed E-state index contributed by atoms with van der Waals surface area (Å²) in [5, 5.41) is 0. The van der Waals surface area contributed by atoms with Gasteiger partial charge in [-0.25, -0.2) is 0 Å². The molecule has 0 radical (unpaired) electrons. The van der Waals surface area contributed by atoms with E-state index in [4.69, 9.17) is 4.74 Å². The first-order valence-corrected chi connectivity index (χ1v) is 7.35. The number of benzene rings is 1. The molecule has 0 aliphatic heterocycles. The minimum absolute atomic E-state index is 0. The first-order valence-electron chi connectivity index (χ1n) is 7.35. The van der Waals surface area contributed by atoms with Gasteiger partial charge in [0.05, 0.1) is 6.61 Å². The molecule has 0 amide bonds. The molecule has 0 spiro atoms. The van der Waals surface area contributed by atoms with Crippen molar-refractivity contribution < 1.29 is 21.7 Å². The Morgan fingerprint density at radius 1 is 1.05 bits per heavy atom. The minimum atomic E-state index is 0. The van der Waals surface area contributed by atoms with Gasteiger partial charge in [-0.1, -0.05) is 65.7 Å². The molecule has 1 aromatic carbocycles. The molecule has 0 fully saturated rings. The summed E-state index contributed by atoms with van der Waals surface area (Å²) in [5.41, 5.74) is 2.81. The van der Waals surface area contributed by atoms with Crippen molar-refractivity contribution in [2.45, 2.75) is 72.1 Å². The monoisotopic (exact) mass is 364 g/mol. The van der Waals surface area contributed by atoms with Crippen LogP contribution in [-0.2, 0) is 10.8 Å². The first-order chi connectivity index (χ1) is 8.66. The van der Waals surface area contributed by atoms with E-state index in [1.54, 1.807) is 0 Å². The summed E-state index contributed by atoms with van der Waals surface area (Å²) in [6, 6.07) is 7.72. The van der Waals surface area contributed by atoms with Crippen LogP contribution in [0.3, 0.4) is 0 Å². The van der Waals surface area contributed by atoms with E-state index in [9.17, 15) is 0 Å². The van der Waals surface area contributed by atoms with Gasteiger partial charge in [0.25, 0.3) is 0 Å². The average Bonchev–Trinajstić information content (AvgIpc) is 2.27. The van der Waals surface area contributed by atoms with Gasteiger partial charge in [0.15, 0.2) is 0 Å². The van der Waals surface area contributed by atoms with Crippen LogP contribution < -0.4 is 21.7 Å². The fourth-order valence-corrected chi connectivity index (χ4v) is 1.91. The Morgan fingerprint density at radius 3 is 2.05 bits per heavy atom. The molecule has 0 N–H and O–H groups in total. The Labute approximate surface area is 158 Å². The molecule has 1 rings (SSSR count). The van der Waals surface area contributed by atoms with Gasteiger partial charge in [0, 0.05) is 5.75 Å². The summed E-state index contributed by atoms with van der Waals surface area (Å²) in [7, 11) is 0. The third-order valence-electron chi connectivity index (χ3n) is 3.32. The van der Waals surface area contributed by atoms with Crippen LogP contribution in [0, 0.1) is 6.07 Å². The molecule has 0 heterocycles. The van der Waals surface area contributed by atoms with E-state index in [1.165, 1.54) is 11.1 Å². The van der Waals surface area contributed by atoms with E-state index in [2.05, 4.69) is 66.7 Å². The van der Waals surface area contributed by atoms with Crippen molar-refractivity contribution in [1.82, 2.24) is 0 Å². The van der Waals surface area contributed by atoms with Gasteiger partial charge in [-0.05, 0) is 6.42 Å². The van der Waals surface area contributed by atoms with Crippen LogP contribution in [-0.4, -0.2) is 29.7 Å². The standard InChI is InChI=1S/C18H29O.BrH.Mg/c1-8-9-12-19-16-11-10-14(17(2,3)4)13-15(16)18(5,6)7;;/h10,13H,8-9,12H2,1-7H3;1H;/q-1;;+2/p-1. The summed E-state index contributed by atoms with van der Waals surface area (Å²) in [6.07, 6.45) is 2.25. The molecule has 0 saturated carbocycles. The van der Waals surface area contributed by atoms with Crippen molar-refractivity contribution in [2.75, 3.05) is 6.61 Å². The second-order valence-corrected chi connectivity index (χ2v) is 7.33. The number of ether oxygens (including phenoxy) is 1. The zero-order valence-corrected chi connectivity index (χ0v) is 17.8. The molecule has 3 heteroatoms. The van der Waals surface area contributed by atoms with Gasteiger partial charge in [-0.15, -0.1) is 11.6 Å². The molecular formula is C18H29BrMgO. The van der Waals surface area contributed by atoms with Crippen LogP contribution >= 0.6 is 0 Å². The fourth-order valence-electron chi connectivity index (χ4n) is 1.91. The fraction of sp³-hybridized carbons (Fsp3) is 0.667. The quantitative estimate of drug-likeness (QED) is 0.450. The van der Waals surface area contributed by atoms with Crippen LogP contribution in [0.2, 0.25) is 0 Å². The van der Waals surface area contributed by atoms with E-state index in [0.717, 1.165) is 25.2 Å². The summed E-state index contributed by atoms with van der Waals surface area (Å²) < 4.78 is 5.92. The average molecular weight is 366 g/mol. The minimum Gasteiger partial charge on any atom is -1.00 e.